The van der Waals surface area contributed by atoms with Crippen LogP contribution in [0.5, 0.6) is 5.75 Å². The first-order valence-electron chi connectivity index (χ1n) is 6.30. The van der Waals surface area contributed by atoms with E-state index in [1.807, 2.05) is 13.8 Å². The summed E-state index contributed by atoms with van der Waals surface area (Å²) in [5, 5.41) is 9.10. The second-order valence-electron chi connectivity index (χ2n) is 4.92. The Bertz CT molecular complexity index is 465. The summed E-state index contributed by atoms with van der Waals surface area (Å²) in [5.74, 6) is -0.439. The van der Waals surface area contributed by atoms with Crippen LogP contribution >= 0.6 is 11.6 Å². The van der Waals surface area contributed by atoms with Gasteiger partial charge in [0.15, 0.2) is 0 Å². The fourth-order valence-corrected chi connectivity index (χ4v) is 2.63. The molecule has 1 N–H and O–H groups in total. The van der Waals surface area contributed by atoms with Crippen molar-refractivity contribution in [2.24, 2.45) is 0 Å². The van der Waals surface area contributed by atoms with Gasteiger partial charge in [0.05, 0.1) is 22.8 Å². The number of aromatic carboxylic acids is 1. The number of hydrogen-bond acceptors (Lipinski definition) is 3. The van der Waals surface area contributed by atoms with E-state index < -0.39 is 5.97 Å². The lowest BCUT2D eigenvalue weighted by Gasteiger charge is -2.32. The SMILES string of the molecule is CC1CC(Oc2ccc(C(=O)O)c(Cl)c2)CC(C)O1. The van der Waals surface area contributed by atoms with E-state index in [0.717, 1.165) is 12.8 Å². The van der Waals surface area contributed by atoms with Gasteiger partial charge in [-0.3, -0.25) is 0 Å². The van der Waals surface area contributed by atoms with Crippen LogP contribution in [0.1, 0.15) is 37.0 Å². The van der Waals surface area contributed by atoms with Crippen LogP contribution in [0.4, 0.5) is 0 Å². The summed E-state index contributed by atoms with van der Waals surface area (Å²) in [6, 6.07) is 4.65. The number of carboxylic acid groups (broad SMARTS) is 1. The van der Waals surface area contributed by atoms with Crippen molar-refractivity contribution < 1.29 is 19.4 Å². The highest BCUT2D eigenvalue weighted by Crippen LogP contribution is 2.27. The fraction of sp³-hybridized carbons (Fsp3) is 0.500. The molecule has 2 rings (SSSR count). The van der Waals surface area contributed by atoms with E-state index in [2.05, 4.69) is 0 Å². The minimum absolute atomic E-state index is 0.0745. The van der Waals surface area contributed by atoms with E-state index in [0.29, 0.717) is 5.75 Å². The van der Waals surface area contributed by atoms with Crippen molar-refractivity contribution in [3.05, 3.63) is 28.8 Å². The highest BCUT2D eigenvalue weighted by molar-refractivity contribution is 6.33. The Balaban J connectivity index is 2.07. The van der Waals surface area contributed by atoms with Gasteiger partial charge in [-0.2, -0.15) is 0 Å². The molecule has 1 aromatic rings. The fourth-order valence-electron chi connectivity index (χ4n) is 2.38. The molecule has 0 radical (unpaired) electrons. The molecule has 104 valence electrons. The summed E-state index contributed by atoms with van der Waals surface area (Å²) in [6.45, 7) is 4.04. The maximum atomic E-state index is 10.9. The number of carboxylic acids is 1. The van der Waals surface area contributed by atoms with Crippen molar-refractivity contribution in [1.82, 2.24) is 0 Å². The molecule has 1 heterocycles. The predicted octanol–water partition coefficient (Wildman–Crippen LogP) is 3.37. The first kappa shape index (κ1) is 14.2. The largest absolute Gasteiger partial charge is 0.490 e. The van der Waals surface area contributed by atoms with Gasteiger partial charge in [0.2, 0.25) is 0 Å². The molecular weight excluding hydrogens is 268 g/mol. The second-order valence-corrected chi connectivity index (χ2v) is 5.32. The Morgan fingerprint density at radius 1 is 1.37 bits per heavy atom. The van der Waals surface area contributed by atoms with Gasteiger partial charge < -0.3 is 14.6 Å². The smallest absolute Gasteiger partial charge is 0.337 e. The minimum Gasteiger partial charge on any atom is -0.490 e. The van der Waals surface area contributed by atoms with E-state index in [-0.39, 0.29) is 28.9 Å². The van der Waals surface area contributed by atoms with Crippen LogP contribution in [0, 0.1) is 0 Å². The summed E-state index contributed by atoms with van der Waals surface area (Å²) in [6.07, 6.45) is 2.06. The molecule has 2 unspecified atom stereocenters. The summed E-state index contributed by atoms with van der Waals surface area (Å²) in [4.78, 5) is 10.9. The van der Waals surface area contributed by atoms with Gasteiger partial charge in [-0.1, -0.05) is 11.6 Å². The Morgan fingerprint density at radius 3 is 2.53 bits per heavy atom. The van der Waals surface area contributed by atoms with Gasteiger partial charge in [-0.15, -0.1) is 0 Å². The van der Waals surface area contributed by atoms with Gasteiger partial charge in [0.1, 0.15) is 11.9 Å². The van der Waals surface area contributed by atoms with Gasteiger partial charge >= 0.3 is 5.97 Å². The topological polar surface area (TPSA) is 55.8 Å². The first-order valence-corrected chi connectivity index (χ1v) is 6.68. The number of benzene rings is 1. The van der Waals surface area contributed by atoms with Crippen LogP contribution in [0.25, 0.3) is 0 Å². The molecule has 0 spiro atoms. The van der Waals surface area contributed by atoms with E-state index in [4.69, 9.17) is 26.2 Å². The molecule has 1 fully saturated rings. The van der Waals surface area contributed by atoms with Crippen molar-refractivity contribution in [3.8, 4) is 5.75 Å². The Hall–Kier alpha value is -1.26. The van der Waals surface area contributed by atoms with Crippen molar-refractivity contribution >= 4 is 17.6 Å². The van der Waals surface area contributed by atoms with Crippen LogP contribution < -0.4 is 4.74 Å². The quantitative estimate of drug-likeness (QED) is 0.924. The molecule has 0 aromatic heterocycles. The Morgan fingerprint density at radius 2 is 2.00 bits per heavy atom. The number of rotatable bonds is 3. The van der Waals surface area contributed by atoms with E-state index in [1.54, 1.807) is 12.1 Å². The lowest BCUT2D eigenvalue weighted by atomic mass is 10.0. The zero-order chi connectivity index (χ0) is 14.0. The number of carbonyl (C=O) groups is 1. The normalized spacial score (nSPS) is 27.0. The van der Waals surface area contributed by atoms with Gasteiger partial charge in [0, 0.05) is 12.8 Å². The van der Waals surface area contributed by atoms with Gasteiger partial charge in [0.25, 0.3) is 0 Å². The maximum absolute atomic E-state index is 10.9. The highest BCUT2D eigenvalue weighted by atomic mass is 35.5. The van der Waals surface area contributed by atoms with Crippen LogP contribution in [0.3, 0.4) is 0 Å². The number of hydrogen-bond donors (Lipinski definition) is 1. The average Bonchev–Trinajstić information content (AvgIpc) is 2.26. The van der Waals surface area contributed by atoms with E-state index in [1.165, 1.54) is 6.07 Å². The average molecular weight is 285 g/mol. The molecule has 19 heavy (non-hydrogen) atoms. The third kappa shape index (κ3) is 3.61. The first-order chi connectivity index (χ1) is 8.95. The third-order valence-corrected chi connectivity index (χ3v) is 3.44. The Kier molecular flexibility index (Phi) is 4.32. The lowest BCUT2D eigenvalue weighted by molar-refractivity contribution is -0.0721. The highest BCUT2D eigenvalue weighted by Gasteiger charge is 2.26. The Labute approximate surface area is 117 Å². The molecule has 5 heteroatoms. The second kappa shape index (κ2) is 5.80. The molecule has 0 bridgehead atoms. The van der Waals surface area contributed by atoms with Crippen molar-refractivity contribution in [2.45, 2.75) is 45.0 Å². The van der Waals surface area contributed by atoms with Crippen LogP contribution in [0.15, 0.2) is 18.2 Å². The van der Waals surface area contributed by atoms with Gasteiger partial charge in [-0.25, -0.2) is 4.79 Å². The van der Waals surface area contributed by atoms with Gasteiger partial charge in [-0.05, 0) is 32.0 Å². The van der Waals surface area contributed by atoms with E-state index >= 15 is 0 Å². The van der Waals surface area contributed by atoms with Crippen molar-refractivity contribution in [3.63, 3.8) is 0 Å². The number of halogens is 1. The molecule has 1 saturated heterocycles. The zero-order valence-corrected chi connectivity index (χ0v) is 11.7. The summed E-state index contributed by atoms with van der Waals surface area (Å²) >= 11 is 5.91. The molecule has 1 aromatic carbocycles. The third-order valence-electron chi connectivity index (χ3n) is 3.13. The summed E-state index contributed by atoms with van der Waals surface area (Å²) in [7, 11) is 0. The predicted molar refractivity (Wildman–Crippen MR) is 72.1 cm³/mol. The van der Waals surface area contributed by atoms with Crippen LogP contribution in [0.2, 0.25) is 5.02 Å². The molecule has 0 saturated carbocycles. The zero-order valence-electron chi connectivity index (χ0n) is 10.9. The molecular formula is C14H17ClO4. The monoisotopic (exact) mass is 284 g/mol. The molecule has 1 aliphatic rings. The molecule has 1 aliphatic heterocycles. The number of ether oxygens (including phenoxy) is 2. The summed E-state index contributed by atoms with van der Waals surface area (Å²) < 4.78 is 11.5. The molecule has 2 atom stereocenters. The standard InChI is InChI=1S/C14H17ClO4/c1-8-5-11(6-9(2)18-8)19-10-3-4-12(14(16)17)13(15)7-10/h3-4,7-9,11H,5-6H2,1-2H3,(H,16,17). The van der Waals surface area contributed by atoms with Crippen LogP contribution in [-0.4, -0.2) is 29.4 Å². The van der Waals surface area contributed by atoms with E-state index in [9.17, 15) is 4.79 Å². The molecule has 4 nitrogen and oxygen atoms in total. The van der Waals surface area contributed by atoms with Crippen molar-refractivity contribution in [1.29, 1.82) is 0 Å². The molecule has 0 amide bonds. The molecule has 0 aliphatic carbocycles. The minimum atomic E-state index is -1.04. The van der Waals surface area contributed by atoms with Crippen LogP contribution in [-0.2, 0) is 4.74 Å². The maximum Gasteiger partial charge on any atom is 0.337 e. The summed E-state index contributed by atoms with van der Waals surface area (Å²) in [5.41, 5.74) is 0.0859. The lowest BCUT2D eigenvalue weighted by Crippen LogP contribution is -2.35. The van der Waals surface area contributed by atoms with Crippen molar-refractivity contribution in [2.75, 3.05) is 0 Å².